The molecule has 9 N–H and O–H groups in total. The predicted octanol–water partition coefficient (Wildman–Crippen LogP) is 3.33. The Morgan fingerprint density at radius 2 is 1.84 bits per heavy atom. The summed E-state index contributed by atoms with van der Waals surface area (Å²) >= 11 is 0. The summed E-state index contributed by atoms with van der Waals surface area (Å²) in [4.78, 5) is 14.7. The van der Waals surface area contributed by atoms with Crippen molar-refractivity contribution in [3.63, 3.8) is 0 Å². The van der Waals surface area contributed by atoms with E-state index >= 15 is 0 Å². The zero-order chi connectivity index (χ0) is 35.8. The Hall–Kier alpha value is -0.910. The first-order chi connectivity index (χ1) is 23.7. The molecule has 0 aromatic carbocycles. The molecule has 3 saturated carbocycles. The lowest BCUT2D eigenvalue weighted by Gasteiger charge is -2.64. The highest BCUT2D eigenvalue weighted by Gasteiger charge is 2.74. The number of fused-ring (bicyclic) bond motifs is 2. The highest BCUT2D eigenvalue weighted by Crippen LogP contribution is 2.74. The van der Waals surface area contributed by atoms with Crippen LogP contribution in [0.1, 0.15) is 130 Å². The minimum absolute atomic E-state index is 0.0571. The van der Waals surface area contributed by atoms with Crippen molar-refractivity contribution in [3.05, 3.63) is 11.1 Å². The topological polar surface area (TPSA) is 170 Å². The van der Waals surface area contributed by atoms with Crippen LogP contribution in [0.3, 0.4) is 0 Å². The number of unbranched alkanes of at least 4 members (excludes halogenated alkanes) is 3. The first kappa shape index (κ1) is 37.4. The molecule has 9 nitrogen and oxygen atoms in total. The molecule has 5 fully saturated rings. The number of ketones is 1. The van der Waals surface area contributed by atoms with Gasteiger partial charge in [0.2, 0.25) is 0 Å². The van der Waals surface area contributed by atoms with E-state index in [1.54, 1.807) is 6.92 Å². The van der Waals surface area contributed by atoms with E-state index in [1.807, 2.05) is 0 Å². The van der Waals surface area contributed by atoms with Gasteiger partial charge in [-0.15, -0.1) is 0 Å². The summed E-state index contributed by atoms with van der Waals surface area (Å²) in [6, 6.07) is 0. The van der Waals surface area contributed by atoms with Crippen LogP contribution >= 0.6 is 0 Å². The van der Waals surface area contributed by atoms with Crippen LogP contribution in [-0.4, -0.2) is 86.3 Å². The second-order valence-electron chi connectivity index (χ2n) is 19.0. The fourth-order valence-electron chi connectivity index (χ4n) is 13.5. The first-order valence-corrected chi connectivity index (χ1v) is 20.7. The molecule has 0 bridgehead atoms. The number of hydrogen-bond acceptors (Lipinski definition) is 8. The molecule has 0 aromatic rings. The van der Waals surface area contributed by atoms with E-state index in [1.165, 1.54) is 19.3 Å². The number of aliphatic hydroxyl groups is 5. The van der Waals surface area contributed by atoms with Gasteiger partial charge in [-0.25, -0.2) is 0 Å². The number of nitrogens with two attached hydrogens (primary N) is 2. The van der Waals surface area contributed by atoms with Gasteiger partial charge in [0.05, 0.1) is 42.7 Å². The third-order valence-electron chi connectivity index (χ3n) is 16.5. The number of ether oxygens (including phenoxy) is 1. The monoisotopic (exact) mass is 702 g/mol. The second-order valence-corrected chi connectivity index (χ2v) is 19.0. The molecule has 9 heteroatoms. The summed E-state index contributed by atoms with van der Waals surface area (Å²) in [7, 11) is 0. The molecule has 7 rings (SSSR count). The molecular weight excluding hydrogens is 632 g/mol. The molecule has 0 spiro atoms. The van der Waals surface area contributed by atoms with Gasteiger partial charge in [-0.2, -0.15) is 0 Å². The second kappa shape index (κ2) is 13.7. The van der Waals surface area contributed by atoms with Crippen LogP contribution in [0.15, 0.2) is 11.1 Å². The first-order valence-electron chi connectivity index (χ1n) is 20.7. The lowest BCUT2D eigenvalue weighted by molar-refractivity contribution is -0.703. The predicted molar refractivity (Wildman–Crippen MR) is 190 cm³/mol. The standard InChI is InChI=1S/C41H68N2O7/c1-5-6-7-8-9-25-22-50-36(23(25)2)37(47)39(4,48)32-18-26-11-12-27-34-28(15-16-38(32,3)41(26,34)49)40(17-14-24-10-13-33(42)43-21-24)20-31(45)30(44)19-29(40)35(27)46/h23-26,28-33,36-37,43-45,47-49H,5-22,42H2,1-4H3/p+1/t23-,24?,25-,26-,28-,29-,30+,31-,32+,33?,36+,37+,38+,39+,40-,41+/m0/s1. The molecular formula is C41H69N2O7+. The summed E-state index contributed by atoms with van der Waals surface area (Å²) in [5.74, 6) is 0.128. The largest absolute Gasteiger partial charge is 0.390 e. The van der Waals surface area contributed by atoms with E-state index in [-0.39, 0.29) is 48.0 Å². The molecule has 2 aliphatic heterocycles. The van der Waals surface area contributed by atoms with Crippen molar-refractivity contribution < 1.29 is 40.4 Å². The Morgan fingerprint density at radius 3 is 2.56 bits per heavy atom. The molecule has 16 atom stereocenters. The summed E-state index contributed by atoms with van der Waals surface area (Å²) in [5, 5.41) is 62.4. The molecule has 50 heavy (non-hydrogen) atoms. The van der Waals surface area contributed by atoms with Crippen LogP contribution in [0.25, 0.3) is 0 Å². The molecule has 0 amide bonds. The van der Waals surface area contributed by atoms with Gasteiger partial charge >= 0.3 is 0 Å². The summed E-state index contributed by atoms with van der Waals surface area (Å²) in [6.45, 7) is 9.84. The normalized spacial score (nSPS) is 49.0. The summed E-state index contributed by atoms with van der Waals surface area (Å²) < 4.78 is 6.29. The molecule has 2 saturated heterocycles. The maximum absolute atomic E-state index is 14.7. The number of carbonyl (C=O) groups excluding carboxylic acids is 1. The maximum Gasteiger partial charge on any atom is 0.162 e. The average molecular weight is 702 g/mol. The van der Waals surface area contributed by atoms with E-state index in [9.17, 15) is 30.3 Å². The fraction of sp³-hybridized carbons (Fsp3) is 0.927. The van der Waals surface area contributed by atoms with Gasteiger partial charge in [0.25, 0.3) is 0 Å². The van der Waals surface area contributed by atoms with Crippen molar-refractivity contribution >= 4 is 5.78 Å². The Balaban J connectivity index is 1.19. The molecule has 5 aliphatic carbocycles. The van der Waals surface area contributed by atoms with Crippen molar-refractivity contribution in [2.24, 2.45) is 58.0 Å². The molecule has 0 radical (unpaired) electrons. The van der Waals surface area contributed by atoms with Crippen LogP contribution < -0.4 is 11.1 Å². The number of piperidine rings is 1. The van der Waals surface area contributed by atoms with Crippen LogP contribution in [0.5, 0.6) is 0 Å². The fourth-order valence-corrected chi connectivity index (χ4v) is 13.5. The highest BCUT2D eigenvalue weighted by molar-refractivity contribution is 6.00. The zero-order valence-corrected chi connectivity index (χ0v) is 31.4. The summed E-state index contributed by atoms with van der Waals surface area (Å²) in [5.41, 5.74) is 3.82. The van der Waals surface area contributed by atoms with Crippen LogP contribution in [0, 0.1) is 52.3 Å². The number of quaternary nitrogens is 1. The lowest BCUT2D eigenvalue weighted by Crippen LogP contribution is -2.95. The van der Waals surface area contributed by atoms with Crippen molar-refractivity contribution in [2.75, 3.05) is 13.2 Å². The average Bonchev–Trinajstić information content (AvgIpc) is 3.57. The van der Waals surface area contributed by atoms with Crippen molar-refractivity contribution in [2.45, 2.75) is 172 Å². The van der Waals surface area contributed by atoms with E-state index in [2.05, 4.69) is 26.1 Å². The quantitative estimate of drug-likeness (QED) is 0.161. The van der Waals surface area contributed by atoms with Crippen molar-refractivity contribution in [3.8, 4) is 0 Å². The maximum atomic E-state index is 14.7. The highest BCUT2D eigenvalue weighted by atomic mass is 16.5. The van der Waals surface area contributed by atoms with Crippen molar-refractivity contribution in [1.29, 1.82) is 0 Å². The van der Waals surface area contributed by atoms with Crippen LogP contribution in [-0.2, 0) is 9.53 Å². The Labute approximate surface area is 300 Å². The minimum atomic E-state index is -1.49. The van der Waals surface area contributed by atoms with Gasteiger partial charge in [0.1, 0.15) is 12.3 Å². The lowest BCUT2D eigenvalue weighted by atomic mass is 9.41. The van der Waals surface area contributed by atoms with Gasteiger partial charge in [-0.1, -0.05) is 46.5 Å². The zero-order valence-electron chi connectivity index (χ0n) is 31.4. The SMILES string of the molecule is CCCCCC[C@H]1CO[C@@H]([C@@H](O)[C@](C)(O)[C@@H]2C[C@@H]3CCC4=C5[C@H](CC[C@@]2(C)[C@]53O)[C@]2(CCC3CCC(N)[NH2+]C3)C[C@H](O)[C@H](O)C[C@H]2C4=O)[C@H]1C. The van der Waals surface area contributed by atoms with E-state index in [0.717, 1.165) is 62.6 Å². The third kappa shape index (κ3) is 5.65. The Morgan fingerprint density at radius 1 is 1.06 bits per heavy atom. The number of allylic oxidation sites excluding steroid dienone is 1. The molecule has 0 aromatic heterocycles. The van der Waals surface area contributed by atoms with E-state index < -0.39 is 46.4 Å². The third-order valence-corrected chi connectivity index (χ3v) is 16.5. The van der Waals surface area contributed by atoms with E-state index in [0.29, 0.717) is 50.5 Å². The van der Waals surface area contributed by atoms with E-state index in [4.69, 9.17) is 10.5 Å². The molecule has 284 valence electrons. The number of rotatable bonds is 11. The minimum Gasteiger partial charge on any atom is -0.390 e. The van der Waals surface area contributed by atoms with Crippen LogP contribution in [0.2, 0.25) is 0 Å². The Kier molecular flexibility index (Phi) is 10.3. The molecule has 7 aliphatic rings. The van der Waals surface area contributed by atoms with Gasteiger partial charge in [-0.05, 0) is 124 Å². The van der Waals surface area contributed by atoms with Gasteiger partial charge in [0, 0.05) is 23.7 Å². The number of Topliss-reactive ketones (excluding diaryl/α,β-unsaturated/α-hetero) is 1. The number of carbonyl (C=O) groups is 1. The molecule has 2 heterocycles. The van der Waals surface area contributed by atoms with Gasteiger partial charge in [-0.3, -0.25) is 10.5 Å². The summed E-state index contributed by atoms with van der Waals surface area (Å²) in [6.07, 6.45) is 10.3. The molecule has 2 unspecified atom stereocenters. The smallest absolute Gasteiger partial charge is 0.162 e. The Bertz CT molecular complexity index is 1300. The van der Waals surface area contributed by atoms with Gasteiger partial charge in [0.15, 0.2) is 5.78 Å². The number of hydrogen-bond donors (Lipinski definition) is 7. The van der Waals surface area contributed by atoms with Crippen LogP contribution in [0.4, 0.5) is 0 Å². The number of aliphatic hydroxyl groups excluding tert-OH is 3. The van der Waals surface area contributed by atoms with Crippen molar-refractivity contribution in [1.82, 2.24) is 0 Å². The van der Waals surface area contributed by atoms with Gasteiger partial charge < -0.3 is 35.6 Å².